The van der Waals surface area contributed by atoms with Crippen molar-refractivity contribution in [3.63, 3.8) is 0 Å². The van der Waals surface area contributed by atoms with Crippen molar-refractivity contribution in [2.75, 3.05) is 13.1 Å². The number of carbonyl (C=O) groups excluding carboxylic acids is 1. The van der Waals surface area contributed by atoms with Crippen molar-refractivity contribution in [2.45, 2.75) is 19.4 Å². The van der Waals surface area contributed by atoms with E-state index < -0.39 is 0 Å². The zero-order valence-electron chi connectivity index (χ0n) is 11.9. The first kappa shape index (κ1) is 14.3. The van der Waals surface area contributed by atoms with Gasteiger partial charge in [-0.2, -0.15) is 0 Å². The largest absolute Gasteiger partial charge is 0.298 e. The first-order valence-electron chi connectivity index (χ1n) is 7.30. The van der Waals surface area contributed by atoms with Crippen LogP contribution >= 0.6 is 11.6 Å². The van der Waals surface area contributed by atoms with Gasteiger partial charge in [0.1, 0.15) is 0 Å². The topological polar surface area (TPSA) is 20.3 Å². The maximum Gasteiger partial charge on any atom is 0.164 e. The van der Waals surface area contributed by atoms with E-state index in [0.717, 1.165) is 26.1 Å². The molecule has 0 fully saturated rings. The average Bonchev–Trinajstić information content (AvgIpc) is 2.52. The molecule has 0 bridgehead atoms. The summed E-state index contributed by atoms with van der Waals surface area (Å²) in [6.07, 6.45) is 1.62. The van der Waals surface area contributed by atoms with Crippen molar-refractivity contribution < 1.29 is 4.79 Å². The summed E-state index contributed by atoms with van der Waals surface area (Å²) in [6, 6.07) is 15.8. The minimum Gasteiger partial charge on any atom is -0.298 e. The molecule has 3 heteroatoms. The van der Waals surface area contributed by atoms with E-state index in [-0.39, 0.29) is 5.78 Å². The van der Waals surface area contributed by atoms with Gasteiger partial charge in [-0.3, -0.25) is 9.69 Å². The lowest BCUT2D eigenvalue weighted by Gasteiger charge is -2.28. The number of Topliss-reactive ketones (excluding diaryl/α,β-unsaturated/α-hetero) is 1. The molecule has 0 saturated heterocycles. The maximum absolute atomic E-state index is 12.2. The van der Waals surface area contributed by atoms with Crippen LogP contribution in [0.15, 0.2) is 48.5 Å². The Morgan fingerprint density at radius 3 is 2.71 bits per heavy atom. The number of hydrogen-bond acceptors (Lipinski definition) is 2. The van der Waals surface area contributed by atoms with Gasteiger partial charge in [-0.05, 0) is 29.7 Å². The summed E-state index contributed by atoms with van der Waals surface area (Å²) in [7, 11) is 0. The van der Waals surface area contributed by atoms with E-state index in [9.17, 15) is 4.79 Å². The van der Waals surface area contributed by atoms with E-state index in [0.29, 0.717) is 17.0 Å². The second-order valence-corrected chi connectivity index (χ2v) is 5.91. The summed E-state index contributed by atoms with van der Waals surface area (Å²) in [5, 5.41) is 0.618. The van der Waals surface area contributed by atoms with Gasteiger partial charge in [0.15, 0.2) is 5.78 Å². The van der Waals surface area contributed by atoms with E-state index in [1.165, 1.54) is 11.1 Å². The fourth-order valence-electron chi connectivity index (χ4n) is 2.81. The van der Waals surface area contributed by atoms with Gasteiger partial charge < -0.3 is 0 Å². The van der Waals surface area contributed by atoms with Crippen LogP contribution in [0, 0.1) is 0 Å². The quantitative estimate of drug-likeness (QED) is 0.796. The summed E-state index contributed by atoms with van der Waals surface area (Å²) >= 11 is 5.93. The van der Waals surface area contributed by atoms with Crippen LogP contribution in [0.5, 0.6) is 0 Å². The predicted octanol–water partition coefficient (Wildman–Crippen LogP) is 3.97. The van der Waals surface area contributed by atoms with Gasteiger partial charge in [0.2, 0.25) is 0 Å². The normalized spacial score (nSPS) is 14.7. The lowest BCUT2D eigenvalue weighted by Crippen LogP contribution is -2.32. The summed E-state index contributed by atoms with van der Waals surface area (Å²) in [6.45, 7) is 2.78. The minimum atomic E-state index is 0.163. The maximum atomic E-state index is 12.2. The Kier molecular flexibility index (Phi) is 4.37. The Morgan fingerprint density at radius 1 is 1.10 bits per heavy atom. The highest BCUT2D eigenvalue weighted by atomic mass is 35.5. The molecule has 108 valence electrons. The third-order valence-electron chi connectivity index (χ3n) is 4.01. The highest BCUT2D eigenvalue weighted by Gasteiger charge is 2.16. The smallest absolute Gasteiger partial charge is 0.164 e. The van der Waals surface area contributed by atoms with E-state index in [2.05, 4.69) is 29.2 Å². The van der Waals surface area contributed by atoms with Crippen LogP contribution in [-0.2, 0) is 13.0 Å². The lowest BCUT2D eigenvalue weighted by molar-refractivity contribution is 0.0960. The van der Waals surface area contributed by atoms with Crippen LogP contribution in [0.3, 0.4) is 0 Å². The van der Waals surface area contributed by atoms with Crippen LogP contribution in [0.1, 0.15) is 27.9 Å². The minimum absolute atomic E-state index is 0.163. The number of rotatable bonds is 4. The van der Waals surface area contributed by atoms with Gasteiger partial charge in [0, 0.05) is 36.6 Å². The molecule has 0 radical (unpaired) electrons. The number of fused-ring (bicyclic) bond motifs is 1. The molecule has 0 atom stereocenters. The van der Waals surface area contributed by atoms with Crippen molar-refractivity contribution in [3.8, 4) is 0 Å². The summed E-state index contributed by atoms with van der Waals surface area (Å²) in [5.74, 6) is 0.163. The molecule has 1 aliphatic rings. The molecule has 1 aliphatic heterocycles. The fraction of sp³-hybridized carbons (Fsp3) is 0.278. The van der Waals surface area contributed by atoms with Crippen LogP contribution in [0.2, 0.25) is 5.02 Å². The Morgan fingerprint density at radius 2 is 1.90 bits per heavy atom. The molecular formula is C18H18ClNO. The zero-order valence-corrected chi connectivity index (χ0v) is 12.6. The van der Waals surface area contributed by atoms with E-state index >= 15 is 0 Å². The Balaban J connectivity index is 1.58. The molecular weight excluding hydrogens is 282 g/mol. The van der Waals surface area contributed by atoms with E-state index in [1.54, 1.807) is 12.1 Å². The van der Waals surface area contributed by atoms with Crippen molar-refractivity contribution in [2.24, 2.45) is 0 Å². The molecule has 3 rings (SSSR count). The molecule has 2 aromatic carbocycles. The van der Waals surface area contributed by atoms with E-state index in [4.69, 9.17) is 11.6 Å². The molecule has 0 unspecified atom stereocenters. The Labute approximate surface area is 130 Å². The Bertz CT molecular complexity index is 653. The first-order chi connectivity index (χ1) is 10.2. The highest BCUT2D eigenvalue weighted by molar-refractivity contribution is 6.31. The second-order valence-electron chi connectivity index (χ2n) is 5.48. The summed E-state index contributed by atoms with van der Waals surface area (Å²) < 4.78 is 0. The molecule has 2 nitrogen and oxygen atoms in total. The molecule has 0 aliphatic carbocycles. The molecule has 1 heterocycles. The third kappa shape index (κ3) is 3.52. The predicted molar refractivity (Wildman–Crippen MR) is 85.8 cm³/mol. The number of benzene rings is 2. The van der Waals surface area contributed by atoms with Crippen LogP contribution in [0.4, 0.5) is 0 Å². The van der Waals surface area contributed by atoms with Crippen molar-refractivity contribution >= 4 is 17.4 Å². The molecule has 0 amide bonds. The number of halogens is 1. The van der Waals surface area contributed by atoms with Crippen molar-refractivity contribution in [1.29, 1.82) is 0 Å². The van der Waals surface area contributed by atoms with Gasteiger partial charge in [0.25, 0.3) is 0 Å². The average molecular weight is 300 g/mol. The SMILES string of the molecule is O=C(CCN1CCc2ccccc2C1)c1cccc(Cl)c1. The fourth-order valence-corrected chi connectivity index (χ4v) is 3.00. The van der Waals surface area contributed by atoms with Crippen LogP contribution < -0.4 is 0 Å². The van der Waals surface area contributed by atoms with Crippen LogP contribution in [-0.4, -0.2) is 23.8 Å². The van der Waals surface area contributed by atoms with E-state index in [1.807, 2.05) is 12.1 Å². The number of ketones is 1. The molecule has 2 aromatic rings. The molecule has 0 aromatic heterocycles. The van der Waals surface area contributed by atoms with Crippen molar-refractivity contribution in [3.05, 3.63) is 70.2 Å². The monoisotopic (exact) mass is 299 g/mol. The summed E-state index contributed by atoms with van der Waals surface area (Å²) in [5.41, 5.74) is 3.54. The second kappa shape index (κ2) is 6.42. The van der Waals surface area contributed by atoms with Gasteiger partial charge in [-0.15, -0.1) is 0 Å². The lowest BCUT2D eigenvalue weighted by atomic mass is 9.99. The zero-order chi connectivity index (χ0) is 14.7. The number of hydrogen-bond donors (Lipinski definition) is 0. The highest BCUT2D eigenvalue weighted by Crippen LogP contribution is 2.19. The van der Waals surface area contributed by atoms with Gasteiger partial charge in [0.05, 0.1) is 0 Å². The molecule has 0 saturated carbocycles. The number of carbonyl (C=O) groups is 1. The van der Waals surface area contributed by atoms with Gasteiger partial charge >= 0.3 is 0 Å². The number of nitrogens with zero attached hydrogens (tertiary/aromatic N) is 1. The molecule has 0 spiro atoms. The molecule has 21 heavy (non-hydrogen) atoms. The molecule has 0 N–H and O–H groups in total. The third-order valence-corrected chi connectivity index (χ3v) is 4.25. The van der Waals surface area contributed by atoms with Crippen molar-refractivity contribution in [1.82, 2.24) is 4.90 Å². The van der Waals surface area contributed by atoms with Crippen LogP contribution in [0.25, 0.3) is 0 Å². The summed E-state index contributed by atoms with van der Waals surface area (Å²) in [4.78, 5) is 14.6. The van der Waals surface area contributed by atoms with Gasteiger partial charge in [-0.1, -0.05) is 48.0 Å². The Hall–Kier alpha value is -1.64. The first-order valence-corrected chi connectivity index (χ1v) is 7.68. The van der Waals surface area contributed by atoms with Gasteiger partial charge in [-0.25, -0.2) is 0 Å². The standard InChI is InChI=1S/C18H18ClNO/c19-17-7-3-6-15(12-17)18(21)9-11-20-10-8-14-4-1-2-5-16(14)13-20/h1-7,12H,8-11,13H2.